The van der Waals surface area contributed by atoms with Crippen LogP contribution in [0.3, 0.4) is 0 Å². The number of halogens is 1. The number of esters is 2. The van der Waals surface area contributed by atoms with Crippen molar-refractivity contribution in [2.24, 2.45) is 5.92 Å². The minimum atomic E-state index is -0.705. The summed E-state index contributed by atoms with van der Waals surface area (Å²) >= 11 is 0. The molecule has 2 aromatic carbocycles. The molecule has 3 rings (SSSR count). The molecule has 8 heteroatoms. The molecule has 7 nitrogen and oxygen atoms in total. The van der Waals surface area contributed by atoms with E-state index in [1.54, 1.807) is 12.1 Å². The van der Waals surface area contributed by atoms with E-state index in [2.05, 4.69) is 4.74 Å². The Morgan fingerprint density at radius 3 is 2.28 bits per heavy atom. The molecule has 0 bridgehead atoms. The van der Waals surface area contributed by atoms with Crippen molar-refractivity contribution in [1.82, 2.24) is 0 Å². The molecule has 1 heterocycles. The minimum Gasteiger partial charge on any atom is -0.465 e. The van der Waals surface area contributed by atoms with Crippen molar-refractivity contribution < 1.29 is 33.0 Å². The highest BCUT2D eigenvalue weighted by Crippen LogP contribution is 2.26. The van der Waals surface area contributed by atoms with E-state index in [9.17, 15) is 23.6 Å². The van der Waals surface area contributed by atoms with Gasteiger partial charge in [0, 0.05) is 24.2 Å². The van der Waals surface area contributed by atoms with Gasteiger partial charge < -0.3 is 14.4 Å². The first-order chi connectivity index (χ1) is 13.9. The summed E-state index contributed by atoms with van der Waals surface area (Å²) in [6.07, 6.45) is -0.0394. The Labute approximate surface area is 166 Å². The van der Waals surface area contributed by atoms with Gasteiger partial charge in [0.1, 0.15) is 5.82 Å². The average Bonchev–Trinajstić information content (AvgIpc) is 3.13. The maximum Gasteiger partial charge on any atom is 0.337 e. The minimum absolute atomic E-state index is 0.0394. The van der Waals surface area contributed by atoms with Crippen LogP contribution in [0.4, 0.5) is 10.1 Å². The molecule has 0 N–H and O–H groups in total. The fourth-order valence-corrected chi connectivity index (χ4v) is 2.98. The van der Waals surface area contributed by atoms with Crippen LogP contribution < -0.4 is 4.90 Å². The number of benzene rings is 2. The summed E-state index contributed by atoms with van der Waals surface area (Å²) in [7, 11) is 1.28. The number of rotatable bonds is 6. The van der Waals surface area contributed by atoms with Gasteiger partial charge in [-0.3, -0.25) is 14.4 Å². The van der Waals surface area contributed by atoms with Crippen molar-refractivity contribution in [1.29, 1.82) is 0 Å². The van der Waals surface area contributed by atoms with Crippen LogP contribution in [0, 0.1) is 11.7 Å². The van der Waals surface area contributed by atoms with Gasteiger partial charge in [0.15, 0.2) is 12.4 Å². The highest BCUT2D eigenvalue weighted by molar-refractivity contribution is 6.01. The Balaban J connectivity index is 1.57. The summed E-state index contributed by atoms with van der Waals surface area (Å²) < 4.78 is 22.6. The number of amides is 1. The fraction of sp³-hybridized carbons (Fsp3) is 0.238. The second-order valence-electron chi connectivity index (χ2n) is 6.48. The SMILES string of the molecule is COC(=O)c1ccc(N2C[C@H](C(=O)OCC(=O)c3ccc(F)cc3)CC2=O)cc1. The van der Waals surface area contributed by atoms with E-state index < -0.39 is 36.1 Å². The van der Waals surface area contributed by atoms with Crippen molar-refractivity contribution in [2.75, 3.05) is 25.2 Å². The first-order valence-electron chi connectivity index (χ1n) is 8.83. The van der Waals surface area contributed by atoms with Crippen molar-refractivity contribution >= 4 is 29.3 Å². The molecule has 1 aliphatic heterocycles. The third-order valence-corrected chi connectivity index (χ3v) is 4.57. The highest BCUT2D eigenvalue weighted by atomic mass is 19.1. The van der Waals surface area contributed by atoms with Crippen LogP contribution >= 0.6 is 0 Å². The second-order valence-corrected chi connectivity index (χ2v) is 6.48. The van der Waals surface area contributed by atoms with Gasteiger partial charge in [0.2, 0.25) is 5.91 Å². The van der Waals surface area contributed by atoms with Crippen molar-refractivity contribution in [3.63, 3.8) is 0 Å². The molecule has 1 aliphatic rings. The van der Waals surface area contributed by atoms with Crippen LogP contribution in [0.15, 0.2) is 48.5 Å². The molecule has 0 spiro atoms. The molecule has 0 unspecified atom stereocenters. The van der Waals surface area contributed by atoms with Gasteiger partial charge in [0.25, 0.3) is 0 Å². The summed E-state index contributed by atoms with van der Waals surface area (Å²) in [5, 5.41) is 0. The number of methoxy groups -OCH3 is 1. The smallest absolute Gasteiger partial charge is 0.337 e. The third-order valence-electron chi connectivity index (χ3n) is 4.57. The normalized spacial score (nSPS) is 15.9. The van der Waals surface area contributed by atoms with Gasteiger partial charge in [-0.15, -0.1) is 0 Å². The summed E-state index contributed by atoms with van der Waals surface area (Å²) in [5.74, 6) is -3.04. The zero-order valence-corrected chi connectivity index (χ0v) is 15.6. The topological polar surface area (TPSA) is 90.0 Å². The maximum atomic E-state index is 12.9. The standard InChI is InChI=1S/C21H18FNO6/c1-28-20(26)14-4-8-17(9-5-14)23-11-15(10-19(23)25)21(27)29-12-18(24)13-2-6-16(22)7-3-13/h2-9,15H,10-12H2,1H3/t15-/m1/s1. The summed E-state index contributed by atoms with van der Waals surface area (Å²) in [6, 6.07) is 11.2. The van der Waals surface area contributed by atoms with E-state index in [0.29, 0.717) is 11.3 Å². The Morgan fingerprint density at radius 2 is 1.66 bits per heavy atom. The lowest BCUT2D eigenvalue weighted by atomic mass is 10.1. The van der Waals surface area contributed by atoms with Gasteiger partial charge in [-0.1, -0.05) is 0 Å². The van der Waals surface area contributed by atoms with E-state index in [4.69, 9.17) is 4.74 Å². The predicted octanol–water partition coefficient (Wildman–Crippen LogP) is 2.39. The van der Waals surface area contributed by atoms with E-state index in [1.165, 1.54) is 36.3 Å². The summed E-state index contributed by atoms with van der Waals surface area (Å²) in [5.41, 5.74) is 1.12. The summed E-state index contributed by atoms with van der Waals surface area (Å²) in [4.78, 5) is 49.5. The molecular weight excluding hydrogens is 381 g/mol. The van der Waals surface area contributed by atoms with Crippen LogP contribution in [-0.2, 0) is 19.1 Å². The van der Waals surface area contributed by atoms with Crippen LogP contribution in [0.25, 0.3) is 0 Å². The lowest BCUT2D eigenvalue weighted by molar-refractivity contribution is -0.147. The Kier molecular flexibility index (Phi) is 6.01. The number of hydrogen-bond donors (Lipinski definition) is 0. The molecule has 29 heavy (non-hydrogen) atoms. The number of ketones is 1. The van der Waals surface area contributed by atoms with Crippen LogP contribution in [0.1, 0.15) is 27.1 Å². The van der Waals surface area contributed by atoms with Crippen molar-refractivity contribution in [3.8, 4) is 0 Å². The molecule has 1 amide bonds. The first kappa shape index (κ1) is 20.2. The van der Waals surface area contributed by atoms with E-state index in [1.807, 2.05) is 0 Å². The Hall–Kier alpha value is -3.55. The predicted molar refractivity (Wildman–Crippen MR) is 99.9 cm³/mol. The maximum absolute atomic E-state index is 12.9. The quantitative estimate of drug-likeness (QED) is 0.547. The zero-order valence-electron chi connectivity index (χ0n) is 15.6. The molecule has 150 valence electrons. The number of anilines is 1. The lowest BCUT2D eigenvalue weighted by Gasteiger charge is -2.16. The molecule has 1 saturated heterocycles. The molecule has 2 aromatic rings. The zero-order chi connectivity index (χ0) is 21.0. The number of carbonyl (C=O) groups excluding carboxylic acids is 4. The molecule has 0 saturated carbocycles. The number of hydrogen-bond acceptors (Lipinski definition) is 6. The Bertz CT molecular complexity index is 939. The molecule has 1 atom stereocenters. The van der Waals surface area contributed by atoms with Gasteiger partial charge in [-0.2, -0.15) is 0 Å². The molecule has 0 radical (unpaired) electrons. The lowest BCUT2D eigenvalue weighted by Crippen LogP contribution is -2.27. The van der Waals surface area contributed by atoms with Crippen molar-refractivity contribution in [2.45, 2.75) is 6.42 Å². The third kappa shape index (κ3) is 4.66. The average molecular weight is 399 g/mol. The van der Waals surface area contributed by atoms with Gasteiger partial charge >= 0.3 is 11.9 Å². The van der Waals surface area contributed by atoms with Crippen LogP contribution in [-0.4, -0.2) is 43.9 Å². The monoisotopic (exact) mass is 399 g/mol. The van der Waals surface area contributed by atoms with E-state index in [-0.39, 0.29) is 24.4 Å². The fourth-order valence-electron chi connectivity index (χ4n) is 2.98. The molecular formula is C21H18FNO6. The van der Waals surface area contributed by atoms with Crippen molar-refractivity contribution in [3.05, 3.63) is 65.5 Å². The molecule has 1 fully saturated rings. The number of carbonyl (C=O) groups is 4. The summed E-state index contributed by atoms with van der Waals surface area (Å²) in [6.45, 7) is -0.372. The Morgan fingerprint density at radius 1 is 1.03 bits per heavy atom. The number of ether oxygens (including phenoxy) is 2. The number of Topliss-reactive ketones (excluding diaryl/α,β-unsaturated/α-hetero) is 1. The second kappa shape index (κ2) is 8.64. The molecule has 0 aromatic heterocycles. The molecule has 0 aliphatic carbocycles. The highest BCUT2D eigenvalue weighted by Gasteiger charge is 2.36. The van der Waals surface area contributed by atoms with Crippen LogP contribution in [0.2, 0.25) is 0 Å². The van der Waals surface area contributed by atoms with Gasteiger partial charge in [-0.25, -0.2) is 9.18 Å². The van der Waals surface area contributed by atoms with E-state index in [0.717, 1.165) is 12.1 Å². The first-order valence-corrected chi connectivity index (χ1v) is 8.83. The van der Waals surface area contributed by atoms with Crippen LogP contribution in [0.5, 0.6) is 0 Å². The van der Waals surface area contributed by atoms with Gasteiger partial charge in [0.05, 0.1) is 18.6 Å². The van der Waals surface area contributed by atoms with Gasteiger partial charge in [-0.05, 0) is 48.5 Å². The number of nitrogens with zero attached hydrogens (tertiary/aromatic N) is 1. The van der Waals surface area contributed by atoms with E-state index >= 15 is 0 Å². The largest absolute Gasteiger partial charge is 0.465 e.